The standard InChI is InChI=1S/C25H30N4O3S.C15H23N4OPS2.C11H13BrO2.C2H4O2/c1-3-5-16-14-17(6-11-21(16)30)22(31)23-24(26)28-25(33-23)27-18-7-9-19(10-8-18)32-20-12-13-29(4-2)15-20;1-2-19-8-7-13(9-19)20-12-5-3-11(4-6-12)17-15(22)18-14(16)23-10-21;1-2-3-8-6-9(11(14)7-12)4-5-10(8)13;1-2(3)4/h6-11,14,20,30H,3-5,12-13,15,26H2,1-2H3,(H,27,28);3-6,13H,2,7-10,21H2,1H3,(H3,16,17,18,22);4-6,13H,2-3,7H2,1H3;1H3,(H,3,4). The smallest absolute Gasteiger partial charge is 0.300 e. The van der Waals surface area contributed by atoms with Gasteiger partial charge in [-0.2, -0.15) is 4.99 Å². The van der Waals surface area contributed by atoms with Gasteiger partial charge in [-0.25, -0.2) is 4.98 Å². The minimum absolute atomic E-state index is 0.0438. The number of likely N-dealkylation sites (N-methyl/N-ethyl adjacent to an activating group) is 2. The first kappa shape index (κ1) is 61.2. The summed E-state index contributed by atoms with van der Waals surface area (Å²) in [7, 11) is 2.58. The number of rotatable bonds is 18. The molecule has 3 heterocycles. The van der Waals surface area contributed by atoms with Gasteiger partial charge >= 0.3 is 0 Å². The molecule has 4 aromatic carbocycles. The predicted molar refractivity (Wildman–Crippen MR) is 314 cm³/mol. The number of Topliss-reactive ketones (excluding diaryl/α,β-unsaturated/α-hetero) is 1. The number of halogens is 1. The lowest BCUT2D eigenvalue weighted by atomic mass is 10.0. The Morgan fingerprint density at radius 3 is 1.78 bits per heavy atom. The fourth-order valence-corrected chi connectivity index (χ4v) is 9.96. The summed E-state index contributed by atoms with van der Waals surface area (Å²) >= 11 is 10.9. The maximum atomic E-state index is 13.0. The Hall–Kier alpha value is -5.34. The first-order chi connectivity index (χ1) is 35.5. The molecular weight excluding hydrogens is 1080 g/mol. The molecule has 3 atom stereocenters. The molecule has 2 aliphatic rings. The van der Waals surface area contributed by atoms with Crippen LogP contribution in [0.4, 0.5) is 22.3 Å². The summed E-state index contributed by atoms with van der Waals surface area (Å²) in [5.74, 6) is 1.41. The fourth-order valence-electron chi connectivity index (χ4n) is 7.65. The molecule has 0 spiro atoms. The number of aliphatic imine (C=N–C) groups is 1. The molecule has 400 valence electrons. The van der Waals surface area contributed by atoms with Gasteiger partial charge in [0.05, 0.1) is 5.33 Å². The number of amidine groups is 1. The molecule has 0 radical (unpaired) electrons. The minimum Gasteiger partial charge on any atom is -0.508 e. The number of nitrogens with one attached hydrogen (secondary N) is 2. The third kappa shape index (κ3) is 20.8. The van der Waals surface area contributed by atoms with E-state index >= 15 is 0 Å². The van der Waals surface area contributed by atoms with E-state index in [9.17, 15) is 19.8 Å². The lowest BCUT2D eigenvalue weighted by Crippen LogP contribution is -2.24. The molecule has 1 aromatic heterocycles. The predicted octanol–water partition coefficient (Wildman–Crippen LogP) is 10.6. The zero-order valence-electron chi connectivity index (χ0n) is 42.6. The number of aromatic hydroxyl groups is 2. The lowest BCUT2D eigenvalue weighted by molar-refractivity contribution is -0.134. The number of nitrogen functional groups attached to an aromatic ring is 1. The number of thiocarbonyl (C=S) groups is 1. The van der Waals surface area contributed by atoms with Crippen LogP contribution < -0.4 is 31.6 Å². The van der Waals surface area contributed by atoms with Crippen molar-refractivity contribution in [1.29, 1.82) is 0 Å². The van der Waals surface area contributed by atoms with E-state index in [2.05, 4.69) is 69.4 Å². The van der Waals surface area contributed by atoms with Crippen LogP contribution in [0.2, 0.25) is 0 Å². The number of phenols is 2. The number of thiazole rings is 1. The van der Waals surface area contributed by atoms with Crippen LogP contribution in [-0.2, 0) is 17.6 Å². The number of carbonyl (C=O) groups is 3. The van der Waals surface area contributed by atoms with E-state index in [-0.39, 0.29) is 41.1 Å². The van der Waals surface area contributed by atoms with Crippen molar-refractivity contribution in [1.82, 2.24) is 14.8 Å². The van der Waals surface area contributed by atoms with Gasteiger partial charge in [-0.15, -0.1) is 9.24 Å². The summed E-state index contributed by atoms with van der Waals surface area (Å²) in [6.45, 7) is 15.8. The summed E-state index contributed by atoms with van der Waals surface area (Å²) in [4.78, 5) is 47.0. The number of carboxylic acids is 1. The van der Waals surface area contributed by atoms with Crippen LogP contribution >= 0.6 is 60.5 Å². The molecule has 7 rings (SSSR count). The molecule has 2 saturated heterocycles. The van der Waals surface area contributed by atoms with Crippen LogP contribution in [0.5, 0.6) is 23.0 Å². The van der Waals surface area contributed by atoms with Crippen molar-refractivity contribution >= 4 is 111 Å². The molecule has 2 aliphatic heterocycles. The highest BCUT2D eigenvalue weighted by Gasteiger charge is 2.24. The third-order valence-electron chi connectivity index (χ3n) is 11.4. The fraction of sp³-hybridized carbons (Fsp3) is 0.396. The van der Waals surface area contributed by atoms with Gasteiger partial charge in [0.1, 0.15) is 45.9 Å². The second-order valence-electron chi connectivity index (χ2n) is 17.0. The number of nitrogens with zero attached hydrogens (tertiary/aromatic N) is 4. The molecule has 16 nitrogen and oxygen atoms in total. The highest BCUT2D eigenvalue weighted by molar-refractivity contribution is 9.09. The first-order valence-corrected chi connectivity index (χ1v) is 28.6. The van der Waals surface area contributed by atoms with Gasteiger partial charge in [-0.3, -0.25) is 24.2 Å². The van der Waals surface area contributed by atoms with Crippen molar-refractivity contribution in [3.05, 3.63) is 112 Å². The van der Waals surface area contributed by atoms with Gasteiger partial charge in [-0.05, 0) is 147 Å². The molecule has 0 amide bonds. The number of carbonyl (C=O) groups excluding carboxylic acids is 2. The summed E-state index contributed by atoms with van der Waals surface area (Å²) < 4.78 is 12.1. The number of thioether (sulfide) groups is 1. The molecule has 2 fully saturated rings. The zero-order chi connectivity index (χ0) is 54.2. The van der Waals surface area contributed by atoms with Crippen molar-refractivity contribution in [3.8, 4) is 23.0 Å². The topological polar surface area (TPSA) is 238 Å². The van der Waals surface area contributed by atoms with Crippen LogP contribution in [0.3, 0.4) is 0 Å². The summed E-state index contributed by atoms with van der Waals surface area (Å²) in [6.07, 6.45) is 5.98. The van der Waals surface area contributed by atoms with Crippen LogP contribution in [0.25, 0.3) is 0 Å². The Morgan fingerprint density at radius 2 is 1.32 bits per heavy atom. The summed E-state index contributed by atoms with van der Waals surface area (Å²) in [6, 6.07) is 25.4. The Labute approximate surface area is 459 Å². The quantitative estimate of drug-likeness (QED) is 0.0108. The Kier molecular flexibility index (Phi) is 26.6. The van der Waals surface area contributed by atoms with Crippen molar-refractivity contribution in [2.45, 2.75) is 85.4 Å². The van der Waals surface area contributed by atoms with Crippen LogP contribution in [0, 0.1) is 0 Å². The van der Waals surface area contributed by atoms with Crippen molar-refractivity contribution in [3.63, 3.8) is 0 Å². The molecule has 74 heavy (non-hydrogen) atoms. The van der Waals surface area contributed by atoms with Gasteiger partial charge in [0, 0.05) is 61.1 Å². The molecule has 5 aromatic rings. The SMILES string of the molecule is CC(=O)O.CCCc1cc(C(=O)CBr)ccc1O.CCCc1cc(C(=O)c2sc(Nc3ccc(OC4CCN(CC)C4)cc3)nc2N)ccc1O.CCN1CCC(Oc2ccc(NC(=S)N=C(N)SCP)cc2)C1. The first-order valence-electron chi connectivity index (χ1n) is 24.5. The average Bonchev–Trinajstić information content (AvgIpc) is 4.14. The number of hydrogen-bond acceptors (Lipinski definition) is 15. The van der Waals surface area contributed by atoms with Crippen LogP contribution in [-0.4, -0.2) is 120 Å². The van der Waals surface area contributed by atoms with Crippen molar-refractivity contribution in [2.24, 2.45) is 10.7 Å². The van der Waals surface area contributed by atoms with Gasteiger partial charge in [0.2, 0.25) is 5.78 Å². The van der Waals surface area contributed by atoms with E-state index in [4.69, 9.17) is 43.1 Å². The second kappa shape index (κ2) is 32.2. The molecular formula is C53H70BrN8O8PS3. The van der Waals surface area contributed by atoms with E-state index in [1.807, 2.05) is 62.4 Å². The third-order valence-corrected chi connectivity index (χ3v) is 14.1. The largest absolute Gasteiger partial charge is 0.508 e. The number of ketones is 2. The van der Waals surface area contributed by atoms with E-state index in [1.54, 1.807) is 36.4 Å². The number of aryl methyl sites for hydroxylation is 2. The molecule has 21 heteroatoms. The maximum Gasteiger partial charge on any atom is 0.300 e. The number of alkyl halides is 1. The molecule has 0 saturated carbocycles. The van der Waals surface area contributed by atoms with Gasteiger partial charge in [0.15, 0.2) is 21.2 Å². The van der Waals surface area contributed by atoms with Crippen molar-refractivity contribution < 1.29 is 39.2 Å². The number of aromatic nitrogens is 1. The second-order valence-corrected chi connectivity index (χ2v) is 21.0. The number of anilines is 4. The van der Waals surface area contributed by atoms with E-state index in [1.165, 1.54) is 23.1 Å². The summed E-state index contributed by atoms with van der Waals surface area (Å²) in [5.41, 5.74) is 17.0. The minimum atomic E-state index is -0.833. The monoisotopic (exact) mass is 1150 g/mol. The number of carboxylic acid groups (broad SMARTS) is 1. The van der Waals surface area contributed by atoms with E-state index in [0.717, 1.165) is 118 Å². The van der Waals surface area contributed by atoms with Crippen LogP contribution in [0.15, 0.2) is 89.9 Å². The Morgan fingerprint density at radius 1 is 0.838 bits per heavy atom. The van der Waals surface area contributed by atoms with Crippen molar-refractivity contribution in [2.75, 3.05) is 66.5 Å². The number of likely N-dealkylation sites (tertiary alicyclic amines) is 2. The maximum absolute atomic E-state index is 13.0. The number of ether oxygens (including phenoxy) is 2. The Balaban J connectivity index is 0.000000250. The number of benzene rings is 4. The van der Waals surface area contributed by atoms with E-state index < -0.39 is 5.97 Å². The molecule has 9 N–H and O–H groups in total. The van der Waals surface area contributed by atoms with E-state index in [0.29, 0.717) is 43.2 Å². The molecule has 3 unspecified atom stereocenters. The molecule has 0 bridgehead atoms. The number of nitrogens with two attached hydrogens (primary N) is 2. The van der Waals surface area contributed by atoms with Gasteiger partial charge in [-0.1, -0.05) is 79.6 Å². The van der Waals surface area contributed by atoms with Gasteiger partial charge < -0.3 is 46.9 Å². The average molecular weight is 1150 g/mol. The zero-order valence-corrected chi connectivity index (χ0v) is 47.8. The number of hydrogen-bond donors (Lipinski definition) is 7. The van der Waals surface area contributed by atoms with Gasteiger partial charge in [0.25, 0.3) is 5.97 Å². The number of phenolic OH excluding ortho intramolecular Hbond substituents is 2. The normalized spacial score (nSPS) is 15.3. The Bertz CT molecular complexity index is 2620. The molecule has 0 aliphatic carbocycles. The highest BCUT2D eigenvalue weighted by atomic mass is 79.9. The summed E-state index contributed by atoms with van der Waals surface area (Å²) in [5, 5.41) is 34.9. The highest BCUT2D eigenvalue weighted by Crippen LogP contribution is 2.32. The lowest BCUT2D eigenvalue weighted by Gasteiger charge is -2.15. The van der Waals surface area contributed by atoms with Crippen LogP contribution in [0.1, 0.15) is 97.0 Å². The number of aliphatic carboxylic acids is 1.